The lowest BCUT2D eigenvalue weighted by atomic mass is 9.70. The number of carbonyl (C=O) groups is 2. The van der Waals surface area contributed by atoms with Gasteiger partial charge >= 0.3 is 0 Å². The zero-order valence-corrected chi connectivity index (χ0v) is 15.7. The highest BCUT2D eigenvalue weighted by Crippen LogP contribution is 2.48. The Morgan fingerprint density at radius 2 is 2.28 bits per heavy atom. The first kappa shape index (κ1) is 17.8. The first-order valence-corrected chi connectivity index (χ1v) is 9.81. The number of ketones is 1. The summed E-state index contributed by atoms with van der Waals surface area (Å²) in [4.78, 5) is 25.0. The van der Waals surface area contributed by atoms with E-state index in [1.807, 2.05) is 17.5 Å². The molecule has 5 nitrogen and oxygen atoms in total. The fraction of sp³-hybridized carbons (Fsp3) is 0.389. The van der Waals surface area contributed by atoms with Gasteiger partial charge in [0, 0.05) is 22.6 Å². The number of thioether (sulfide) groups is 1. The van der Waals surface area contributed by atoms with Crippen molar-refractivity contribution in [3.05, 3.63) is 44.3 Å². The van der Waals surface area contributed by atoms with Crippen LogP contribution in [0.2, 0.25) is 0 Å². The number of hydrogen-bond acceptors (Lipinski definition) is 6. The van der Waals surface area contributed by atoms with E-state index in [0.29, 0.717) is 22.6 Å². The number of dihydropyridines is 1. The monoisotopic (exact) mass is 373 g/mol. The Hall–Kier alpha value is -2.04. The number of allylic oxidation sites excluding steroid dienone is 3. The molecule has 1 aliphatic carbocycles. The van der Waals surface area contributed by atoms with Gasteiger partial charge in [0.2, 0.25) is 5.91 Å². The summed E-state index contributed by atoms with van der Waals surface area (Å²) in [7, 11) is 0. The predicted molar refractivity (Wildman–Crippen MR) is 99.5 cm³/mol. The van der Waals surface area contributed by atoms with Crippen LogP contribution in [0.25, 0.3) is 0 Å². The van der Waals surface area contributed by atoms with E-state index >= 15 is 0 Å². The molecule has 7 heteroatoms. The van der Waals surface area contributed by atoms with Gasteiger partial charge in [-0.3, -0.25) is 9.59 Å². The van der Waals surface area contributed by atoms with Gasteiger partial charge in [-0.05, 0) is 23.3 Å². The van der Waals surface area contributed by atoms with Crippen molar-refractivity contribution in [3.63, 3.8) is 0 Å². The maximum Gasteiger partial charge on any atom is 0.227 e. The minimum absolute atomic E-state index is 0.0869. The van der Waals surface area contributed by atoms with Crippen LogP contribution in [0.4, 0.5) is 0 Å². The van der Waals surface area contributed by atoms with Gasteiger partial charge in [-0.2, -0.15) is 5.26 Å². The van der Waals surface area contributed by atoms with E-state index in [2.05, 4.69) is 25.2 Å². The molecule has 0 unspecified atom stereocenters. The molecule has 3 rings (SSSR count). The van der Waals surface area contributed by atoms with Gasteiger partial charge < -0.3 is 11.1 Å². The third kappa shape index (κ3) is 3.51. The lowest BCUT2D eigenvalue weighted by Crippen LogP contribution is -2.37. The third-order valence-electron chi connectivity index (χ3n) is 4.31. The van der Waals surface area contributed by atoms with E-state index in [4.69, 9.17) is 5.73 Å². The van der Waals surface area contributed by atoms with Crippen molar-refractivity contribution < 1.29 is 9.59 Å². The normalized spacial score (nSPS) is 22.3. The Balaban J connectivity index is 2.11. The van der Waals surface area contributed by atoms with Crippen LogP contribution >= 0.6 is 23.1 Å². The van der Waals surface area contributed by atoms with Gasteiger partial charge in [0.25, 0.3) is 0 Å². The zero-order chi connectivity index (χ0) is 18.2. The van der Waals surface area contributed by atoms with Crippen molar-refractivity contribution in [3.8, 4) is 6.07 Å². The number of thiophene rings is 1. The molecule has 0 spiro atoms. The van der Waals surface area contributed by atoms with Crippen LogP contribution in [-0.2, 0) is 9.59 Å². The van der Waals surface area contributed by atoms with Crippen LogP contribution in [0, 0.1) is 16.7 Å². The van der Waals surface area contributed by atoms with Crippen molar-refractivity contribution in [1.82, 2.24) is 5.32 Å². The smallest absolute Gasteiger partial charge is 0.227 e. The Kier molecular flexibility index (Phi) is 4.76. The fourth-order valence-electron chi connectivity index (χ4n) is 3.37. The number of amides is 1. The minimum Gasteiger partial charge on any atom is -0.369 e. The summed E-state index contributed by atoms with van der Waals surface area (Å²) < 4.78 is 0. The summed E-state index contributed by atoms with van der Waals surface area (Å²) in [6.07, 6.45) is 1.20. The quantitative estimate of drug-likeness (QED) is 0.846. The molecule has 1 aromatic heterocycles. The summed E-state index contributed by atoms with van der Waals surface area (Å²) >= 11 is 2.76. The first-order chi connectivity index (χ1) is 11.8. The summed E-state index contributed by atoms with van der Waals surface area (Å²) in [6, 6.07) is 6.13. The average Bonchev–Trinajstić information content (AvgIpc) is 3.04. The summed E-state index contributed by atoms with van der Waals surface area (Å²) in [5.41, 5.74) is 7.18. The number of carbonyl (C=O) groups excluding carboxylic acids is 2. The summed E-state index contributed by atoms with van der Waals surface area (Å²) in [5, 5.41) is 15.6. The molecule has 0 radical (unpaired) electrons. The van der Waals surface area contributed by atoms with Crippen molar-refractivity contribution in [2.75, 3.05) is 5.75 Å². The number of Topliss-reactive ketones (excluding diaryl/α,β-unsaturated/α-hetero) is 1. The Morgan fingerprint density at radius 3 is 2.88 bits per heavy atom. The standard InChI is InChI=1S/C18H19N3O2S2/c1-18(2)6-11-16(12(22)7-18)15(13-4-3-5-24-13)10(8-19)17(21-11)25-9-14(20)23/h3-5,15,21H,6-7,9H2,1-2H3,(H2,20,23)/t15-/m1/s1. The summed E-state index contributed by atoms with van der Waals surface area (Å²) in [5.74, 6) is -0.627. The van der Waals surface area contributed by atoms with E-state index in [1.165, 1.54) is 23.1 Å². The van der Waals surface area contributed by atoms with Crippen LogP contribution < -0.4 is 11.1 Å². The highest BCUT2D eigenvalue weighted by molar-refractivity contribution is 8.03. The first-order valence-electron chi connectivity index (χ1n) is 7.94. The van der Waals surface area contributed by atoms with Crippen LogP contribution in [0.3, 0.4) is 0 Å². The molecule has 25 heavy (non-hydrogen) atoms. The van der Waals surface area contributed by atoms with E-state index in [-0.39, 0.29) is 22.9 Å². The van der Waals surface area contributed by atoms with Crippen LogP contribution in [0.1, 0.15) is 37.5 Å². The number of nitrogens with one attached hydrogen (secondary N) is 1. The molecule has 0 saturated heterocycles. The molecule has 130 valence electrons. The molecule has 1 atom stereocenters. The van der Waals surface area contributed by atoms with E-state index in [9.17, 15) is 14.9 Å². The Morgan fingerprint density at radius 1 is 1.52 bits per heavy atom. The van der Waals surface area contributed by atoms with E-state index < -0.39 is 5.91 Å². The molecular weight excluding hydrogens is 354 g/mol. The second kappa shape index (κ2) is 6.70. The lowest BCUT2D eigenvalue weighted by molar-refractivity contribution is -0.118. The number of nitriles is 1. The van der Waals surface area contributed by atoms with Gasteiger partial charge in [-0.15, -0.1) is 11.3 Å². The number of nitrogens with two attached hydrogens (primary N) is 1. The predicted octanol–water partition coefficient (Wildman–Crippen LogP) is 3.03. The molecule has 0 bridgehead atoms. The van der Waals surface area contributed by atoms with Crippen LogP contribution in [0.15, 0.2) is 39.4 Å². The summed E-state index contributed by atoms with van der Waals surface area (Å²) in [6.45, 7) is 4.13. The third-order valence-corrected chi connectivity index (χ3v) is 6.29. The van der Waals surface area contributed by atoms with Gasteiger partial charge in [-0.25, -0.2) is 0 Å². The molecule has 2 heterocycles. The fourth-order valence-corrected chi connectivity index (χ4v) is 5.02. The molecule has 0 saturated carbocycles. The lowest BCUT2D eigenvalue weighted by Gasteiger charge is -2.38. The molecule has 2 aliphatic rings. The molecule has 1 aromatic rings. The Labute approximate surface area is 155 Å². The van der Waals surface area contributed by atoms with Gasteiger partial charge in [0.05, 0.1) is 28.3 Å². The van der Waals surface area contributed by atoms with Gasteiger partial charge in [-0.1, -0.05) is 31.7 Å². The zero-order valence-electron chi connectivity index (χ0n) is 14.1. The van der Waals surface area contributed by atoms with Crippen molar-refractivity contribution >= 4 is 34.8 Å². The maximum atomic E-state index is 12.9. The molecule has 0 fully saturated rings. The number of nitrogens with zero attached hydrogens (tertiary/aromatic N) is 1. The van der Waals surface area contributed by atoms with Crippen LogP contribution in [0.5, 0.6) is 0 Å². The Bertz CT molecular complexity index is 829. The maximum absolute atomic E-state index is 12.9. The van der Waals surface area contributed by atoms with Crippen molar-refractivity contribution in [1.29, 1.82) is 5.26 Å². The topological polar surface area (TPSA) is 96.0 Å². The van der Waals surface area contributed by atoms with Crippen molar-refractivity contribution in [2.45, 2.75) is 32.6 Å². The van der Waals surface area contributed by atoms with Gasteiger partial charge in [0.15, 0.2) is 5.78 Å². The second-order valence-corrected chi connectivity index (χ2v) is 8.98. The molecule has 0 aromatic carbocycles. The molecular formula is C18H19N3O2S2. The number of hydrogen-bond donors (Lipinski definition) is 2. The largest absolute Gasteiger partial charge is 0.369 e. The molecule has 3 N–H and O–H groups in total. The number of rotatable bonds is 4. The number of primary amides is 1. The highest BCUT2D eigenvalue weighted by atomic mass is 32.2. The minimum atomic E-state index is -0.441. The van der Waals surface area contributed by atoms with Gasteiger partial charge in [0.1, 0.15) is 0 Å². The van der Waals surface area contributed by atoms with Crippen LogP contribution in [-0.4, -0.2) is 17.4 Å². The molecule has 1 aliphatic heterocycles. The van der Waals surface area contributed by atoms with Crippen molar-refractivity contribution in [2.24, 2.45) is 11.1 Å². The van der Waals surface area contributed by atoms with E-state index in [1.54, 1.807) is 0 Å². The molecule has 1 amide bonds. The van der Waals surface area contributed by atoms with E-state index in [0.717, 1.165) is 17.0 Å². The average molecular weight is 374 g/mol. The SMILES string of the molecule is CC1(C)CC(=O)C2=C(C1)NC(SCC(N)=O)=C(C#N)[C@@H]2c1cccs1. The second-order valence-electron chi connectivity index (χ2n) is 7.02. The highest BCUT2D eigenvalue weighted by Gasteiger charge is 2.42.